The number of rotatable bonds is 5. The number of nitrogens with one attached hydrogen (secondary N) is 1. The maximum absolute atomic E-state index is 12.7. The molecule has 1 amide bonds. The number of para-hydroxylation sites is 1. The van der Waals surface area contributed by atoms with Crippen molar-refractivity contribution in [2.75, 3.05) is 18.4 Å². The fourth-order valence-electron chi connectivity index (χ4n) is 4.69. The molecule has 132 valence electrons. The lowest BCUT2D eigenvalue weighted by atomic mass is 9.78. The van der Waals surface area contributed by atoms with Gasteiger partial charge in [-0.2, -0.15) is 0 Å². The van der Waals surface area contributed by atoms with Crippen LogP contribution in [0.2, 0.25) is 0 Å². The summed E-state index contributed by atoms with van der Waals surface area (Å²) < 4.78 is 0. The van der Waals surface area contributed by atoms with Crippen molar-refractivity contribution < 1.29 is 4.79 Å². The van der Waals surface area contributed by atoms with Crippen LogP contribution in [0.25, 0.3) is 0 Å². The van der Waals surface area contributed by atoms with Crippen molar-refractivity contribution in [1.82, 2.24) is 4.90 Å². The molecule has 0 bridgehead atoms. The molecule has 3 nitrogen and oxygen atoms in total. The molecule has 0 spiro atoms. The van der Waals surface area contributed by atoms with Crippen molar-refractivity contribution in [1.29, 1.82) is 0 Å². The minimum atomic E-state index is 0.164. The number of hydrogen-bond donors (Lipinski definition) is 1. The average molecular weight is 329 g/mol. The van der Waals surface area contributed by atoms with E-state index in [0.29, 0.717) is 12.6 Å². The van der Waals surface area contributed by atoms with Gasteiger partial charge in [0.25, 0.3) is 0 Å². The number of hydrogen-bond acceptors (Lipinski definition) is 2. The number of amides is 1. The fraction of sp³-hybridized carbons (Fsp3) is 0.667. The Hall–Kier alpha value is -1.35. The topological polar surface area (TPSA) is 32.3 Å². The van der Waals surface area contributed by atoms with Crippen LogP contribution in [0.4, 0.5) is 5.69 Å². The Balaban J connectivity index is 1.67. The van der Waals surface area contributed by atoms with Gasteiger partial charge in [-0.25, -0.2) is 0 Å². The summed E-state index contributed by atoms with van der Waals surface area (Å²) in [6.45, 7) is 5.95. The van der Waals surface area contributed by atoms with Crippen LogP contribution in [-0.2, 0) is 17.6 Å². The first-order valence-corrected chi connectivity index (χ1v) is 9.87. The lowest BCUT2D eigenvalue weighted by molar-refractivity contribution is -0.118. The highest BCUT2D eigenvalue weighted by atomic mass is 16.2. The van der Waals surface area contributed by atoms with Crippen molar-refractivity contribution in [3.8, 4) is 0 Å². The molecule has 1 aromatic rings. The van der Waals surface area contributed by atoms with E-state index in [1.807, 2.05) is 0 Å². The Morgan fingerprint density at radius 2 is 1.75 bits per heavy atom. The molecule has 2 aliphatic rings. The number of fused-ring (bicyclic) bond motifs is 1. The van der Waals surface area contributed by atoms with Crippen LogP contribution in [0.5, 0.6) is 0 Å². The second kappa shape index (κ2) is 8.15. The van der Waals surface area contributed by atoms with Crippen LogP contribution in [0.15, 0.2) is 18.2 Å². The van der Waals surface area contributed by atoms with Crippen LogP contribution >= 0.6 is 0 Å². The molecule has 1 aromatic carbocycles. The van der Waals surface area contributed by atoms with Crippen LogP contribution in [0.3, 0.4) is 0 Å². The number of aryl methyl sites for hydroxylation is 2. The van der Waals surface area contributed by atoms with E-state index in [1.54, 1.807) is 0 Å². The molecule has 1 aliphatic carbocycles. The SMILES string of the molecule is CCc1cccc(CC)c1NC(=O)CN1CCC[C@H]2CCCC[C@@H]21. The lowest BCUT2D eigenvalue weighted by Crippen LogP contribution is -2.49. The van der Waals surface area contributed by atoms with Crippen LogP contribution in [-0.4, -0.2) is 29.9 Å². The van der Waals surface area contributed by atoms with Gasteiger partial charge in [0.2, 0.25) is 5.91 Å². The summed E-state index contributed by atoms with van der Waals surface area (Å²) in [5.74, 6) is 0.992. The zero-order valence-corrected chi connectivity index (χ0v) is 15.3. The Morgan fingerprint density at radius 1 is 1.08 bits per heavy atom. The van der Waals surface area contributed by atoms with Crippen molar-refractivity contribution in [2.45, 2.75) is 71.3 Å². The Labute approximate surface area is 146 Å². The molecule has 3 rings (SSSR count). The monoisotopic (exact) mass is 328 g/mol. The van der Waals surface area contributed by atoms with Gasteiger partial charge in [0.1, 0.15) is 0 Å². The number of carbonyl (C=O) groups excluding carboxylic acids is 1. The van der Waals surface area contributed by atoms with Crippen molar-refractivity contribution in [2.24, 2.45) is 5.92 Å². The molecule has 1 heterocycles. The molecular formula is C21H32N2O. The summed E-state index contributed by atoms with van der Waals surface area (Å²) in [5, 5.41) is 3.24. The third-order valence-corrected chi connectivity index (χ3v) is 5.97. The van der Waals surface area contributed by atoms with Crippen LogP contribution in [0, 0.1) is 5.92 Å². The first-order valence-electron chi connectivity index (χ1n) is 9.87. The van der Waals surface area contributed by atoms with E-state index >= 15 is 0 Å². The molecule has 3 heteroatoms. The van der Waals surface area contributed by atoms with E-state index in [0.717, 1.165) is 31.0 Å². The highest BCUT2D eigenvalue weighted by Gasteiger charge is 2.33. The second-order valence-electron chi connectivity index (χ2n) is 7.43. The smallest absolute Gasteiger partial charge is 0.238 e. The maximum Gasteiger partial charge on any atom is 0.238 e. The average Bonchev–Trinajstić information content (AvgIpc) is 2.62. The first kappa shape index (κ1) is 17.5. The Bertz CT molecular complexity index is 545. The molecule has 1 saturated carbocycles. The Morgan fingerprint density at radius 3 is 2.46 bits per heavy atom. The van der Waals surface area contributed by atoms with E-state index in [1.165, 1.54) is 49.7 Å². The Kier molecular flexibility index (Phi) is 5.94. The number of nitrogens with zero attached hydrogens (tertiary/aromatic N) is 1. The summed E-state index contributed by atoms with van der Waals surface area (Å²) >= 11 is 0. The summed E-state index contributed by atoms with van der Waals surface area (Å²) in [7, 11) is 0. The summed E-state index contributed by atoms with van der Waals surface area (Å²) in [4.78, 5) is 15.2. The molecular weight excluding hydrogens is 296 g/mol. The van der Waals surface area contributed by atoms with E-state index in [9.17, 15) is 4.79 Å². The quantitative estimate of drug-likeness (QED) is 0.868. The van der Waals surface area contributed by atoms with Crippen molar-refractivity contribution in [3.05, 3.63) is 29.3 Å². The number of piperidine rings is 1. The summed E-state index contributed by atoms with van der Waals surface area (Å²) in [6.07, 6.45) is 9.88. The zero-order valence-electron chi connectivity index (χ0n) is 15.3. The molecule has 2 atom stereocenters. The molecule has 0 unspecified atom stereocenters. The number of anilines is 1. The predicted octanol–water partition coefficient (Wildman–Crippen LogP) is 4.40. The summed E-state index contributed by atoms with van der Waals surface area (Å²) in [5.41, 5.74) is 3.55. The largest absolute Gasteiger partial charge is 0.324 e. The van der Waals surface area contributed by atoms with Crippen LogP contribution < -0.4 is 5.32 Å². The van der Waals surface area contributed by atoms with E-state index in [2.05, 4.69) is 42.3 Å². The van der Waals surface area contributed by atoms with Crippen molar-refractivity contribution in [3.63, 3.8) is 0 Å². The molecule has 0 aromatic heterocycles. The minimum absolute atomic E-state index is 0.164. The fourth-order valence-corrected chi connectivity index (χ4v) is 4.69. The number of likely N-dealkylation sites (tertiary alicyclic amines) is 1. The maximum atomic E-state index is 12.7. The van der Waals surface area contributed by atoms with Crippen LogP contribution in [0.1, 0.15) is 63.5 Å². The number of benzene rings is 1. The highest BCUT2D eigenvalue weighted by Crippen LogP contribution is 2.35. The summed E-state index contributed by atoms with van der Waals surface area (Å²) in [6, 6.07) is 7.01. The molecule has 24 heavy (non-hydrogen) atoms. The van der Waals surface area contributed by atoms with Gasteiger partial charge in [0.05, 0.1) is 6.54 Å². The van der Waals surface area contributed by atoms with Gasteiger partial charge in [-0.1, -0.05) is 44.9 Å². The predicted molar refractivity (Wildman–Crippen MR) is 100 cm³/mol. The minimum Gasteiger partial charge on any atom is -0.324 e. The van der Waals surface area contributed by atoms with Gasteiger partial charge < -0.3 is 5.32 Å². The van der Waals surface area contributed by atoms with Gasteiger partial charge in [-0.15, -0.1) is 0 Å². The van der Waals surface area contributed by atoms with Gasteiger partial charge in [-0.05, 0) is 62.1 Å². The molecule has 1 N–H and O–H groups in total. The molecule has 2 fully saturated rings. The molecule has 1 saturated heterocycles. The lowest BCUT2D eigenvalue weighted by Gasteiger charge is -2.43. The standard InChI is InChI=1S/C21H32N2O/c1-3-16-10-7-11-17(4-2)21(16)22-20(24)15-23-14-8-12-18-9-5-6-13-19(18)23/h7,10-11,18-19H,3-6,8-9,12-15H2,1-2H3,(H,22,24)/t18-,19+/m1/s1. The first-order chi connectivity index (χ1) is 11.7. The van der Waals surface area contributed by atoms with Gasteiger partial charge >= 0.3 is 0 Å². The second-order valence-corrected chi connectivity index (χ2v) is 7.43. The van der Waals surface area contributed by atoms with E-state index in [-0.39, 0.29) is 5.91 Å². The zero-order chi connectivity index (χ0) is 16.9. The van der Waals surface area contributed by atoms with Gasteiger partial charge in [0.15, 0.2) is 0 Å². The van der Waals surface area contributed by atoms with E-state index in [4.69, 9.17) is 0 Å². The highest BCUT2D eigenvalue weighted by molar-refractivity contribution is 5.93. The van der Waals surface area contributed by atoms with E-state index < -0.39 is 0 Å². The van der Waals surface area contributed by atoms with Crippen molar-refractivity contribution >= 4 is 11.6 Å². The number of carbonyl (C=O) groups is 1. The molecule has 1 aliphatic heterocycles. The third kappa shape index (κ3) is 3.83. The molecule has 0 radical (unpaired) electrons. The normalized spacial score (nSPS) is 24.4. The third-order valence-electron chi connectivity index (χ3n) is 5.97. The van der Waals surface area contributed by atoms with Gasteiger partial charge in [-0.3, -0.25) is 9.69 Å². The van der Waals surface area contributed by atoms with Gasteiger partial charge in [0, 0.05) is 11.7 Å².